The zero-order valence-electron chi connectivity index (χ0n) is 15.7. The molecule has 150 valence electrons. The molecule has 1 aliphatic rings. The van der Waals surface area contributed by atoms with E-state index in [0.717, 1.165) is 36.2 Å². The summed E-state index contributed by atoms with van der Waals surface area (Å²) < 4.78 is 28.6. The monoisotopic (exact) mass is 406 g/mol. The second kappa shape index (κ2) is 7.18. The summed E-state index contributed by atoms with van der Waals surface area (Å²) in [7, 11) is 0. The molecule has 7 nitrogen and oxygen atoms in total. The van der Waals surface area contributed by atoms with Crippen molar-refractivity contribution in [1.82, 2.24) is 20.2 Å². The fourth-order valence-corrected chi connectivity index (χ4v) is 3.53. The number of fused-ring (bicyclic) bond motifs is 2. The number of aromatic amines is 1. The lowest BCUT2D eigenvalue weighted by Crippen LogP contribution is -2.09. The Labute approximate surface area is 169 Å². The molecule has 2 aromatic carbocycles. The molecular formula is C21H16F2N6O. The summed E-state index contributed by atoms with van der Waals surface area (Å²) in [5, 5.41) is 12.8. The zero-order chi connectivity index (χ0) is 20.7. The molecule has 0 fully saturated rings. The van der Waals surface area contributed by atoms with Gasteiger partial charge in [0.1, 0.15) is 22.7 Å². The average molecular weight is 406 g/mol. The van der Waals surface area contributed by atoms with Gasteiger partial charge in [-0.2, -0.15) is 5.10 Å². The maximum Gasteiger partial charge on any atom is 0.224 e. The Kier molecular flexibility index (Phi) is 4.35. The van der Waals surface area contributed by atoms with E-state index >= 15 is 0 Å². The lowest BCUT2D eigenvalue weighted by atomic mass is 10.1. The van der Waals surface area contributed by atoms with Crippen molar-refractivity contribution in [3.05, 3.63) is 59.8 Å². The van der Waals surface area contributed by atoms with Crippen molar-refractivity contribution in [1.29, 1.82) is 0 Å². The minimum absolute atomic E-state index is 0.0267. The number of nitrogens with zero attached hydrogens (tertiary/aromatic N) is 3. The highest BCUT2D eigenvalue weighted by Crippen LogP contribution is 2.31. The first kappa shape index (κ1) is 18.2. The van der Waals surface area contributed by atoms with E-state index in [2.05, 4.69) is 30.8 Å². The summed E-state index contributed by atoms with van der Waals surface area (Å²) in [5.74, 6) is -1.31. The molecule has 0 atom stereocenters. The van der Waals surface area contributed by atoms with Gasteiger partial charge in [0.2, 0.25) is 5.91 Å². The Bertz CT molecular complexity index is 1270. The number of benzene rings is 2. The number of anilines is 3. The molecule has 1 aliphatic heterocycles. The Morgan fingerprint density at radius 1 is 1.03 bits per heavy atom. The van der Waals surface area contributed by atoms with E-state index in [-0.39, 0.29) is 17.3 Å². The van der Waals surface area contributed by atoms with Crippen LogP contribution in [0.15, 0.2) is 42.6 Å². The van der Waals surface area contributed by atoms with E-state index in [1.807, 2.05) is 18.2 Å². The average Bonchev–Trinajstić information content (AvgIpc) is 3.10. The minimum Gasteiger partial charge on any atom is -0.338 e. The fourth-order valence-electron chi connectivity index (χ4n) is 3.53. The molecule has 0 spiro atoms. The number of rotatable bonds is 3. The molecule has 30 heavy (non-hydrogen) atoms. The van der Waals surface area contributed by atoms with Crippen LogP contribution in [0.3, 0.4) is 0 Å². The van der Waals surface area contributed by atoms with Crippen LogP contribution in [0.2, 0.25) is 0 Å². The Hall–Kier alpha value is -3.88. The van der Waals surface area contributed by atoms with Crippen LogP contribution in [0, 0.1) is 11.6 Å². The highest BCUT2D eigenvalue weighted by Gasteiger charge is 2.18. The lowest BCUT2D eigenvalue weighted by Gasteiger charge is -2.12. The largest absolute Gasteiger partial charge is 0.338 e. The summed E-state index contributed by atoms with van der Waals surface area (Å²) in [5.41, 5.74) is 3.04. The first-order chi connectivity index (χ1) is 14.6. The maximum absolute atomic E-state index is 14.3. The molecule has 0 aliphatic carbocycles. The van der Waals surface area contributed by atoms with Crippen LogP contribution >= 0.6 is 0 Å². The summed E-state index contributed by atoms with van der Waals surface area (Å²) in [6.45, 7) is 0. The molecule has 0 saturated carbocycles. The fraction of sp³-hybridized carbons (Fsp3) is 0.143. The predicted octanol–water partition coefficient (Wildman–Crippen LogP) is 4.32. The van der Waals surface area contributed by atoms with Crippen molar-refractivity contribution in [2.45, 2.75) is 19.3 Å². The van der Waals surface area contributed by atoms with Crippen LogP contribution in [0.5, 0.6) is 0 Å². The van der Waals surface area contributed by atoms with Gasteiger partial charge in [0.15, 0.2) is 11.6 Å². The Balaban J connectivity index is 1.58. The first-order valence-corrected chi connectivity index (χ1v) is 9.44. The van der Waals surface area contributed by atoms with Gasteiger partial charge in [0.25, 0.3) is 0 Å². The maximum atomic E-state index is 14.3. The molecule has 0 radical (unpaired) electrons. The second-order valence-corrected chi connectivity index (χ2v) is 7.02. The Morgan fingerprint density at radius 2 is 1.87 bits per heavy atom. The highest BCUT2D eigenvalue weighted by molar-refractivity contribution is 5.94. The van der Waals surface area contributed by atoms with Crippen LogP contribution in [0.4, 0.5) is 26.0 Å². The predicted molar refractivity (Wildman–Crippen MR) is 108 cm³/mol. The van der Waals surface area contributed by atoms with Crippen LogP contribution < -0.4 is 10.6 Å². The number of carbonyl (C=O) groups is 1. The normalized spacial score (nSPS) is 13.6. The van der Waals surface area contributed by atoms with Crippen molar-refractivity contribution in [3.8, 4) is 11.4 Å². The number of amides is 1. The topological polar surface area (TPSA) is 95.6 Å². The van der Waals surface area contributed by atoms with Gasteiger partial charge in [-0.05, 0) is 42.7 Å². The van der Waals surface area contributed by atoms with Gasteiger partial charge >= 0.3 is 0 Å². The van der Waals surface area contributed by atoms with Crippen molar-refractivity contribution in [3.63, 3.8) is 0 Å². The summed E-state index contributed by atoms with van der Waals surface area (Å²) >= 11 is 0. The van der Waals surface area contributed by atoms with Gasteiger partial charge in [-0.3, -0.25) is 9.89 Å². The third-order valence-corrected chi connectivity index (χ3v) is 4.98. The quantitative estimate of drug-likeness (QED) is 0.471. The number of hydrogen-bond acceptors (Lipinski definition) is 5. The van der Waals surface area contributed by atoms with Gasteiger partial charge in [-0.25, -0.2) is 18.7 Å². The molecule has 0 bridgehead atoms. The summed E-state index contributed by atoms with van der Waals surface area (Å²) in [4.78, 5) is 20.5. The molecule has 0 unspecified atom stereocenters. The smallest absolute Gasteiger partial charge is 0.224 e. The van der Waals surface area contributed by atoms with Gasteiger partial charge in [0.05, 0.1) is 11.8 Å². The second-order valence-electron chi connectivity index (χ2n) is 7.02. The van der Waals surface area contributed by atoms with E-state index in [9.17, 15) is 13.6 Å². The van der Waals surface area contributed by atoms with Gasteiger partial charge in [-0.1, -0.05) is 12.1 Å². The molecule has 9 heteroatoms. The first-order valence-electron chi connectivity index (χ1n) is 9.44. The molecule has 1 amide bonds. The van der Waals surface area contributed by atoms with Crippen molar-refractivity contribution in [2.75, 3.05) is 10.6 Å². The van der Waals surface area contributed by atoms with Crippen molar-refractivity contribution in [2.24, 2.45) is 0 Å². The zero-order valence-corrected chi connectivity index (χ0v) is 15.7. The molecule has 3 heterocycles. The highest BCUT2D eigenvalue weighted by atomic mass is 19.1. The van der Waals surface area contributed by atoms with Gasteiger partial charge in [0, 0.05) is 17.8 Å². The molecule has 5 rings (SSSR count). The number of halogens is 2. The third-order valence-electron chi connectivity index (χ3n) is 4.98. The van der Waals surface area contributed by atoms with Gasteiger partial charge in [-0.15, -0.1) is 0 Å². The van der Waals surface area contributed by atoms with E-state index < -0.39 is 11.6 Å². The number of carbonyl (C=O) groups excluding carboxylic acids is 1. The number of aryl methyl sites for hydroxylation is 1. The van der Waals surface area contributed by atoms with E-state index in [0.29, 0.717) is 29.0 Å². The van der Waals surface area contributed by atoms with Crippen molar-refractivity contribution >= 4 is 34.1 Å². The number of hydrogen-bond donors (Lipinski definition) is 3. The molecule has 4 aromatic rings. The third kappa shape index (κ3) is 3.24. The van der Waals surface area contributed by atoms with Crippen LogP contribution in [0.25, 0.3) is 22.4 Å². The van der Waals surface area contributed by atoms with E-state index in [1.54, 1.807) is 0 Å². The molecular weight excluding hydrogens is 390 g/mol. The van der Waals surface area contributed by atoms with Crippen LogP contribution in [0.1, 0.15) is 18.4 Å². The summed E-state index contributed by atoms with van der Waals surface area (Å²) in [6.07, 6.45) is 3.55. The minimum atomic E-state index is -0.753. The molecule has 0 saturated heterocycles. The molecule has 2 aromatic heterocycles. The van der Waals surface area contributed by atoms with Crippen molar-refractivity contribution < 1.29 is 13.6 Å². The van der Waals surface area contributed by atoms with Crippen LogP contribution in [-0.4, -0.2) is 26.1 Å². The standard InChI is InChI=1S/C21H16F2N6O/c22-13-4-2-5-14(23)18(13)20-27-16-10-24-29-19(16)21(28-20)25-12-8-7-11-3-1-6-17(30)26-15(11)9-12/h2,4-5,7-10H,1,3,6H2,(H,24,29)(H,26,30)(H,25,27,28). The number of H-pyrrole nitrogens is 1. The summed E-state index contributed by atoms with van der Waals surface area (Å²) in [6, 6.07) is 9.21. The molecule has 3 N–H and O–H groups in total. The van der Waals surface area contributed by atoms with Crippen LogP contribution in [-0.2, 0) is 11.2 Å². The SMILES string of the molecule is O=C1CCCc2ccc(Nc3nc(-c4c(F)cccc4F)nc4cn[nH]c34)cc2N1. The van der Waals surface area contributed by atoms with E-state index in [1.165, 1.54) is 12.3 Å². The Morgan fingerprint density at radius 3 is 2.70 bits per heavy atom. The number of aromatic nitrogens is 4. The van der Waals surface area contributed by atoms with E-state index in [4.69, 9.17) is 0 Å². The number of nitrogens with one attached hydrogen (secondary N) is 3. The lowest BCUT2D eigenvalue weighted by molar-refractivity contribution is -0.116. The van der Waals surface area contributed by atoms with Gasteiger partial charge < -0.3 is 10.6 Å².